The molecule has 0 aromatic heterocycles. The molecule has 2 rings (SSSR count). The average molecular weight is 147 g/mol. The van der Waals surface area contributed by atoms with E-state index in [1.54, 1.807) is 12.1 Å². The Morgan fingerprint density at radius 1 is 1.27 bits per heavy atom. The molecule has 2 heteroatoms. The summed E-state index contributed by atoms with van der Waals surface area (Å²) in [6, 6.07) is 6.05. The first-order chi connectivity index (χ1) is 5.27. The zero-order valence-corrected chi connectivity index (χ0v) is 5.83. The third kappa shape index (κ3) is 0.871. The Morgan fingerprint density at radius 3 is 2.82 bits per heavy atom. The van der Waals surface area contributed by atoms with Crippen LogP contribution in [0, 0.1) is 6.07 Å². The fourth-order valence-electron chi connectivity index (χ4n) is 1.27. The van der Waals surface area contributed by atoms with Crippen LogP contribution in [0.15, 0.2) is 17.9 Å². The Kier molecular flexibility index (Phi) is 1.15. The molecular formula is C9H7O2. The van der Waals surface area contributed by atoms with Crippen LogP contribution in [-0.4, -0.2) is 10.2 Å². The number of phenols is 1. The molecule has 0 bridgehead atoms. The largest absolute Gasteiger partial charge is 0.512 e. The predicted octanol–water partition coefficient (Wildman–Crippen LogP) is 1.65. The van der Waals surface area contributed by atoms with E-state index in [0.717, 1.165) is 11.1 Å². The van der Waals surface area contributed by atoms with Crippen molar-refractivity contribution in [2.75, 3.05) is 0 Å². The fraction of sp³-hybridized carbons (Fsp3) is 0.111. The molecule has 0 saturated heterocycles. The third-order valence-corrected chi connectivity index (χ3v) is 1.78. The third-order valence-electron chi connectivity index (χ3n) is 1.78. The van der Waals surface area contributed by atoms with Crippen molar-refractivity contribution in [2.24, 2.45) is 0 Å². The Hall–Kier alpha value is -1.44. The van der Waals surface area contributed by atoms with Gasteiger partial charge in [-0.3, -0.25) is 0 Å². The van der Waals surface area contributed by atoms with Crippen molar-refractivity contribution >= 4 is 6.08 Å². The summed E-state index contributed by atoms with van der Waals surface area (Å²) in [5.74, 6) is 0.487. The smallest absolute Gasteiger partial charge is 0.123 e. The van der Waals surface area contributed by atoms with Crippen molar-refractivity contribution in [2.45, 2.75) is 6.42 Å². The van der Waals surface area contributed by atoms with Crippen LogP contribution in [0.2, 0.25) is 0 Å². The van der Waals surface area contributed by atoms with Gasteiger partial charge in [-0.2, -0.15) is 0 Å². The maximum Gasteiger partial charge on any atom is 0.123 e. The van der Waals surface area contributed by atoms with Crippen LogP contribution in [0.4, 0.5) is 0 Å². The van der Waals surface area contributed by atoms with Crippen LogP contribution in [-0.2, 0) is 6.42 Å². The van der Waals surface area contributed by atoms with Gasteiger partial charge in [0.05, 0.1) is 5.76 Å². The lowest BCUT2D eigenvalue weighted by Gasteiger charge is -1.97. The number of hydrogen-bond donors (Lipinski definition) is 2. The summed E-state index contributed by atoms with van der Waals surface area (Å²) in [4.78, 5) is 0. The number of aliphatic hydroxyl groups excluding tert-OH is 1. The van der Waals surface area contributed by atoms with E-state index in [0.29, 0.717) is 12.2 Å². The minimum atomic E-state index is 0.187. The number of aromatic hydroxyl groups is 1. The second-order valence-electron chi connectivity index (χ2n) is 2.59. The monoisotopic (exact) mass is 147 g/mol. The standard InChI is InChI=1S/C9H7O2/c10-7-4-6-2-1-3-9(11)8(6)5-7/h2-3,5,10-11H,4H2. The first-order valence-corrected chi connectivity index (χ1v) is 3.39. The summed E-state index contributed by atoms with van der Waals surface area (Å²) in [7, 11) is 0. The van der Waals surface area contributed by atoms with Gasteiger partial charge in [-0.15, -0.1) is 0 Å². The zero-order valence-electron chi connectivity index (χ0n) is 5.83. The Labute approximate surface area is 64.4 Å². The normalized spacial score (nSPS) is 14.4. The number of aliphatic hydroxyl groups is 1. The van der Waals surface area contributed by atoms with Crippen molar-refractivity contribution in [1.29, 1.82) is 0 Å². The molecule has 1 aromatic rings. The molecule has 11 heavy (non-hydrogen) atoms. The molecule has 1 aromatic carbocycles. The molecule has 0 spiro atoms. The molecule has 2 nitrogen and oxygen atoms in total. The van der Waals surface area contributed by atoms with Gasteiger partial charge in [0.2, 0.25) is 0 Å². The highest BCUT2D eigenvalue weighted by molar-refractivity contribution is 5.67. The van der Waals surface area contributed by atoms with Crippen LogP contribution in [0.25, 0.3) is 6.08 Å². The van der Waals surface area contributed by atoms with Crippen LogP contribution in [0.1, 0.15) is 11.1 Å². The van der Waals surface area contributed by atoms with Gasteiger partial charge >= 0.3 is 0 Å². The highest BCUT2D eigenvalue weighted by atomic mass is 16.3. The molecule has 1 radical (unpaired) electrons. The summed E-state index contributed by atoms with van der Waals surface area (Å²) in [5, 5.41) is 18.4. The summed E-state index contributed by atoms with van der Waals surface area (Å²) in [6.07, 6.45) is 2.10. The van der Waals surface area contributed by atoms with E-state index in [-0.39, 0.29) is 5.75 Å². The first kappa shape index (κ1) is 6.28. The summed E-state index contributed by atoms with van der Waals surface area (Å²) < 4.78 is 0. The van der Waals surface area contributed by atoms with E-state index < -0.39 is 0 Å². The molecule has 55 valence electrons. The number of hydrogen-bond acceptors (Lipinski definition) is 2. The Morgan fingerprint density at radius 2 is 2.09 bits per heavy atom. The van der Waals surface area contributed by atoms with Gasteiger partial charge in [0.1, 0.15) is 5.75 Å². The SMILES string of the molecule is OC1=Cc2c(O)c[c]cc2C1. The van der Waals surface area contributed by atoms with Crippen molar-refractivity contribution < 1.29 is 10.2 Å². The van der Waals surface area contributed by atoms with Gasteiger partial charge in [0.15, 0.2) is 0 Å². The predicted molar refractivity (Wildman–Crippen MR) is 41.3 cm³/mol. The summed E-state index contributed by atoms with van der Waals surface area (Å²) >= 11 is 0. The number of phenolic OH excluding ortho intramolecular Hbond substituents is 1. The van der Waals surface area contributed by atoms with Gasteiger partial charge in [0.25, 0.3) is 0 Å². The Bertz CT molecular complexity index is 326. The minimum Gasteiger partial charge on any atom is -0.512 e. The number of fused-ring (bicyclic) bond motifs is 1. The molecule has 2 N–H and O–H groups in total. The van der Waals surface area contributed by atoms with Crippen molar-refractivity contribution in [3.8, 4) is 5.75 Å². The highest BCUT2D eigenvalue weighted by Gasteiger charge is 2.13. The van der Waals surface area contributed by atoms with E-state index in [1.165, 1.54) is 6.07 Å². The van der Waals surface area contributed by atoms with Gasteiger partial charge in [-0.1, -0.05) is 0 Å². The number of benzene rings is 1. The van der Waals surface area contributed by atoms with Crippen LogP contribution >= 0.6 is 0 Å². The molecule has 0 fully saturated rings. The highest BCUT2D eigenvalue weighted by Crippen LogP contribution is 2.29. The maximum atomic E-state index is 9.26. The van der Waals surface area contributed by atoms with E-state index in [4.69, 9.17) is 5.11 Å². The van der Waals surface area contributed by atoms with Crippen molar-refractivity contribution in [3.63, 3.8) is 0 Å². The second kappa shape index (κ2) is 2.02. The lowest BCUT2D eigenvalue weighted by Crippen LogP contribution is -1.82. The molecule has 1 aliphatic carbocycles. The van der Waals surface area contributed by atoms with E-state index >= 15 is 0 Å². The second-order valence-corrected chi connectivity index (χ2v) is 2.59. The lowest BCUT2D eigenvalue weighted by atomic mass is 10.1. The van der Waals surface area contributed by atoms with Gasteiger partial charge in [-0.25, -0.2) is 0 Å². The molecule has 0 heterocycles. The van der Waals surface area contributed by atoms with Gasteiger partial charge < -0.3 is 10.2 Å². The summed E-state index contributed by atoms with van der Waals surface area (Å²) in [6.45, 7) is 0. The van der Waals surface area contributed by atoms with Crippen LogP contribution in [0.5, 0.6) is 5.75 Å². The maximum absolute atomic E-state index is 9.26. The zero-order chi connectivity index (χ0) is 7.84. The Balaban J connectivity index is 2.61. The summed E-state index contributed by atoms with van der Waals surface area (Å²) in [5.41, 5.74) is 1.66. The molecule has 0 aliphatic heterocycles. The van der Waals surface area contributed by atoms with Crippen molar-refractivity contribution in [3.05, 3.63) is 35.1 Å². The molecule has 0 saturated carbocycles. The first-order valence-electron chi connectivity index (χ1n) is 3.39. The topological polar surface area (TPSA) is 40.5 Å². The molecule has 0 atom stereocenters. The molecular weight excluding hydrogens is 140 g/mol. The fourth-order valence-corrected chi connectivity index (χ4v) is 1.27. The van der Waals surface area contributed by atoms with Crippen LogP contribution < -0.4 is 0 Å². The van der Waals surface area contributed by atoms with E-state index in [2.05, 4.69) is 6.07 Å². The number of rotatable bonds is 0. The lowest BCUT2D eigenvalue weighted by molar-refractivity contribution is 0.408. The average Bonchev–Trinajstić information content (AvgIpc) is 2.31. The molecule has 0 unspecified atom stereocenters. The van der Waals surface area contributed by atoms with Gasteiger partial charge in [-0.05, 0) is 29.8 Å². The van der Waals surface area contributed by atoms with Crippen LogP contribution in [0.3, 0.4) is 0 Å². The molecule has 1 aliphatic rings. The number of allylic oxidation sites excluding steroid dienone is 1. The van der Waals surface area contributed by atoms with E-state index in [9.17, 15) is 5.11 Å². The minimum absolute atomic E-state index is 0.187. The van der Waals surface area contributed by atoms with E-state index in [1.807, 2.05) is 0 Å². The van der Waals surface area contributed by atoms with Gasteiger partial charge in [0, 0.05) is 12.0 Å². The molecule has 0 amide bonds. The quantitative estimate of drug-likeness (QED) is 0.585. The van der Waals surface area contributed by atoms with Crippen molar-refractivity contribution in [1.82, 2.24) is 0 Å².